The van der Waals surface area contributed by atoms with Crippen LogP contribution in [0, 0.1) is 18.2 Å². The maximum absolute atomic E-state index is 13.9. The SMILES string of the molecule is C#Cc1cc(Nc2ncnc3cc(OC4CCOC4)c(NC(=O)/C=C/CN(CC)CC)cc23)ccc1F. The van der Waals surface area contributed by atoms with Crippen molar-refractivity contribution in [3.05, 3.63) is 60.2 Å². The number of hydrogen-bond acceptors (Lipinski definition) is 7. The fourth-order valence-electron chi connectivity index (χ4n) is 3.98. The molecule has 0 saturated carbocycles. The molecule has 2 N–H and O–H groups in total. The van der Waals surface area contributed by atoms with E-state index in [0.717, 1.165) is 19.5 Å². The van der Waals surface area contributed by atoms with E-state index in [4.69, 9.17) is 15.9 Å². The Morgan fingerprint density at radius 2 is 2.14 bits per heavy atom. The standard InChI is InChI=1S/C28H30FN5O3/c1-4-19-14-20(9-10-23(19)29)32-28-22-15-25(33-27(35)8-7-12-34(5-2)6-3)26(16-24(22)30-18-31-28)37-21-11-13-36-17-21/h1,7-10,14-16,18,21H,5-6,11-13,17H2,2-3H3,(H,33,35)(H,30,31,32)/b8-7+. The Labute approximate surface area is 215 Å². The highest BCUT2D eigenvalue weighted by Gasteiger charge is 2.21. The third-order valence-corrected chi connectivity index (χ3v) is 6.09. The summed E-state index contributed by atoms with van der Waals surface area (Å²) in [6.45, 7) is 7.75. The van der Waals surface area contributed by atoms with Gasteiger partial charge in [-0.3, -0.25) is 4.79 Å². The summed E-state index contributed by atoms with van der Waals surface area (Å²) in [4.78, 5) is 23.7. The number of nitrogens with zero attached hydrogens (tertiary/aromatic N) is 3. The summed E-state index contributed by atoms with van der Waals surface area (Å²) in [5.74, 6) is 2.55. The lowest BCUT2D eigenvalue weighted by Gasteiger charge is -2.18. The molecule has 8 nitrogen and oxygen atoms in total. The zero-order chi connectivity index (χ0) is 26.2. The molecule has 0 spiro atoms. The van der Waals surface area contributed by atoms with Gasteiger partial charge in [-0.1, -0.05) is 25.8 Å². The van der Waals surface area contributed by atoms with E-state index >= 15 is 0 Å². The van der Waals surface area contributed by atoms with Crippen LogP contribution in [-0.4, -0.2) is 59.7 Å². The summed E-state index contributed by atoms with van der Waals surface area (Å²) in [7, 11) is 0. The van der Waals surface area contributed by atoms with Gasteiger partial charge >= 0.3 is 0 Å². The number of nitrogens with one attached hydrogen (secondary N) is 2. The van der Waals surface area contributed by atoms with Crippen molar-refractivity contribution in [2.24, 2.45) is 0 Å². The van der Waals surface area contributed by atoms with E-state index in [0.29, 0.717) is 53.6 Å². The van der Waals surface area contributed by atoms with Crippen LogP contribution in [0.3, 0.4) is 0 Å². The summed E-state index contributed by atoms with van der Waals surface area (Å²) >= 11 is 0. The molecule has 1 saturated heterocycles. The van der Waals surface area contributed by atoms with Gasteiger partial charge in [0.2, 0.25) is 5.91 Å². The fraction of sp³-hybridized carbons (Fsp3) is 0.321. The van der Waals surface area contributed by atoms with E-state index in [1.807, 2.05) is 6.08 Å². The van der Waals surface area contributed by atoms with E-state index in [1.54, 1.807) is 18.2 Å². The lowest BCUT2D eigenvalue weighted by atomic mass is 10.1. The molecule has 1 unspecified atom stereocenters. The normalized spacial score (nSPS) is 15.3. The van der Waals surface area contributed by atoms with Crippen molar-refractivity contribution >= 4 is 34.0 Å². The first kappa shape index (κ1) is 26.1. The Morgan fingerprint density at radius 1 is 1.30 bits per heavy atom. The summed E-state index contributed by atoms with van der Waals surface area (Å²) in [6, 6.07) is 7.94. The van der Waals surface area contributed by atoms with Gasteiger partial charge in [0.25, 0.3) is 0 Å². The monoisotopic (exact) mass is 503 g/mol. The number of carbonyl (C=O) groups is 1. The van der Waals surface area contributed by atoms with Gasteiger partial charge < -0.3 is 25.0 Å². The van der Waals surface area contributed by atoms with Crippen LogP contribution < -0.4 is 15.4 Å². The summed E-state index contributed by atoms with van der Waals surface area (Å²) in [6.07, 6.45) is 10.8. The quantitative estimate of drug-likeness (QED) is 0.311. The van der Waals surface area contributed by atoms with Crippen LogP contribution in [0.25, 0.3) is 10.9 Å². The number of carbonyl (C=O) groups excluding carboxylic acids is 1. The number of anilines is 3. The predicted molar refractivity (Wildman–Crippen MR) is 143 cm³/mol. The van der Waals surface area contributed by atoms with Crippen molar-refractivity contribution in [1.29, 1.82) is 0 Å². The third kappa shape index (κ3) is 6.61. The topological polar surface area (TPSA) is 88.6 Å². The van der Waals surface area contributed by atoms with Crippen molar-refractivity contribution < 1.29 is 18.7 Å². The first-order valence-corrected chi connectivity index (χ1v) is 12.3. The highest BCUT2D eigenvalue weighted by atomic mass is 19.1. The van der Waals surface area contributed by atoms with Gasteiger partial charge in [0.05, 0.1) is 30.0 Å². The Balaban J connectivity index is 1.65. The number of terminal acetylenes is 1. The van der Waals surface area contributed by atoms with Gasteiger partial charge in [0, 0.05) is 36.2 Å². The van der Waals surface area contributed by atoms with Gasteiger partial charge in [-0.05, 0) is 37.4 Å². The zero-order valence-electron chi connectivity index (χ0n) is 21.0. The van der Waals surface area contributed by atoms with Gasteiger partial charge in [-0.2, -0.15) is 0 Å². The molecule has 1 aliphatic heterocycles. The number of halogens is 1. The molecular formula is C28H30FN5O3. The molecule has 37 heavy (non-hydrogen) atoms. The molecule has 1 aliphatic rings. The van der Waals surface area contributed by atoms with Crippen LogP contribution in [0.2, 0.25) is 0 Å². The number of likely N-dealkylation sites (N-methyl/N-ethyl adjacent to an activating group) is 1. The number of rotatable bonds is 10. The second kappa shape index (κ2) is 12.3. The number of hydrogen-bond donors (Lipinski definition) is 2. The van der Waals surface area contributed by atoms with E-state index in [2.05, 4.69) is 45.3 Å². The molecule has 2 heterocycles. The maximum Gasteiger partial charge on any atom is 0.248 e. The predicted octanol–water partition coefficient (Wildman–Crippen LogP) is 4.50. The largest absolute Gasteiger partial charge is 0.486 e. The van der Waals surface area contributed by atoms with Gasteiger partial charge in [-0.15, -0.1) is 6.42 Å². The van der Waals surface area contributed by atoms with E-state index in [-0.39, 0.29) is 17.6 Å². The minimum absolute atomic E-state index is 0.118. The molecule has 0 radical (unpaired) electrons. The average Bonchev–Trinajstić information content (AvgIpc) is 3.41. The van der Waals surface area contributed by atoms with Crippen molar-refractivity contribution in [2.75, 3.05) is 43.5 Å². The zero-order valence-corrected chi connectivity index (χ0v) is 21.0. The van der Waals surface area contributed by atoms with E-state index in [1.165, 1.54) is 24.5 Å². The molecule has 0 bridgehead atoms. The molecule has 1 fully saturated rings. The summed E-state index contributed by atoms with van der Waals surface area (Å²) < 4.78 is 25.5. The van der Waals surface area contributed by atoms with Crippen molar-refractivity contribution in [3.8, 4) is 18.1 Å². The van der Waals surface area contributed by atoms with Crippen molar-refractivity contribution in [3.63, 3.8) is 0 Å². The summed E-state index contributed by atoms with van der Waals surface area (Å²) in [5, 5.41) is 6.75. The lowest BCUT2D eigenvalue weighted by molar-refractivity contribution is -0.111. The molecule has 3 aromatic rings. The van der Waals surface area contributed by atoms with Gasteiger partial charge in [0.15, 0.2) is 0 Å². The maximum atomic E-state index is 13.9. The molecule has 1 atom stereocenters. The minimum atomic E-state index is -0.475. The smallest absolute Gasteiger partial charge is 0.248 e. The van der Waals surface area contributed by atoms with Crippen LogP contribution in [0.15, 0.2) is 48.8 Å². The second-order valence-corrected chi connectivity index (χ2v) is 8.53. The number of ether oxygens (including phenoxy) is 2. The van der Waals surface area contributed by atoms with Crippen LogP contribution in [0.5, 0.6) is 5.75 Å². The first-order valence-electron chi connectivity index (χ1n) is 12.3. The van der Waals surface area contributed by atoms with Crippen LogP contribution in [0.1, 0.15) is 25.8 Å². The van der Waals surface area contributed by atoms with Crippen molar-refractivity contribution in [1.82, 2.24) is 14.9 Å². The van der Waals surface area contributed by atoms with E-state index < -0.39 is 5.82 Å². The third-order valence-electron chi connectivity index (χ3n) is 6.09. The van der Waals surface area contributed by atoms with Crippen LogP contribution in [-0.2, 0) is 9.53 Å². The molecule has 192 valence electrons. The number of aromatic nitrogens is 2. The Kier molecular flexibility index (Phi) is 8.67. The Bertz CT molecular complexity index is 1330. The molecule has 9 heteroatoms. The second-order valence-electron chi connectivity index (χ2n) is 8.53. The summed E-state index contributed by atoms with van der Waals surface area (Å²) in [5.41, 5.74) is 1.81. The van der Waals surface area contributed by atoms with E-state index in [9.17, 15) is 9.18 Å². The highest BCUT2D eigenvalue weighted by Crippen LogP contribution is 2.34. The molecule has 1 aromatic heterocycles. The average molecular weight is 504 g/mol. The number of benzene rings is 2. The van der Waals surface area contributed by atoms with Gasteiger partial charge in [0.1, 0.15) is 29.8 Å². The molecule has 1 amide bonds. The number of amides is 1. The van der Waals surface area contributed by atoms with Gasteiger partial charge in [-0.25, -0.2) is 14.4 Å². The van der Waals surface area contributed by atoms with Crippen molar-refractivity contribution in [2.45, 2.75) is 26.4 Å². The molecular weight excluding hydrogens is 473 g/mol. The number of fused-ring (bicyclic) bond motifs is 1. The highest BCUT2D eigenvalue weighted by molar-refractivity contribution is 6.03. The molecule has 2 aromatic carbocycles. The Morgan fingerprint density at radius 3 is 2.86 bits per heavy atom. The molecule has 0 aliphatic carbocycles. The first-order chi connectivity index (χ1) is 18.0. The Hall–Kier alpha value is -4.00. The lowest BCUT2D eigenvalue weighted by Crippen LogP contribution is -2.23. The van der Waals surface area contributed by atoms with Crippen LogP contribution >= 0.6 is 0 Å². The minimum Gasteiger partial charge on any atom is -0.486 e. The fourth-order valence-corrected chi connectivity index (χ4v) is 3.98. The van der Waals surface area contributed by atoms with Crippen LogP contribution in [0.4, 0.5) is 21.6 Å². The molecule has 4 rings (SSSR count).